The molecular weight excluding hydrogens is 292 g/mol. The second-order valence-electron chi connectivity index (χ2n) is 5.04. The van der Waals surface area contributed by atoms with Gasteiger partial charge in [-0.3, -0.25) is 14.7 Å². The van der Waals surface area contributed by atoms with Crippen LogP contribution in [0, 0.1) is 0 Å². The molecule has 3 amide bonds. The Morgan fingerprint density at radius 3 is 2.74 bits per heavy atom. The molecule has 1 aromatic heterocycles. The number of nitrogens with zero attached hydrogens (tertiary/aromatic N) is 2. The first-order valence-electron chi connectivity index (χ1n) is 7.27. The molecule has 6 heteroatoms. The lowest BCUT2D eigenvalue weighted by Gasteiger charge is -2.14. The van der Waals surface area contributed by atoms with Crippen molar-refractivity contribution in [1.82, 2.24) is 10.3 Å². The van der Waals surface area contributed by atoms with Gasteiger partial charge in [0, 0.05) is 42.9 Å². The fraction of sp³-hybridized carbons (Fsp3) is 0.118. The fourth-order valence-corrected chi connectivity index (χ4v) is 2.27. The van der Waals surface area contributed by atoms with Crippen molar-refractivity contribution in [3.8, 4) is 0 Å². The molecule has 1 fully saturated rings. The molecule has 6 nitrogen and oxygen atoms in total. The van der Waals surface area contributed by atoms with Gasteiger partial charge in [0.15, 0.2) is 0 Å². The first-order valence-corrected chi connectivity index (χ1v) is 7.27. The summed E-state index contributed by atoms with van der Waals surface area (Å²) in [7, 11) is 0. The Bertz CT molecular complexity index is 726. The molecule has 1 aliphatic rings. The minimum atomic E-state index is -0.222. The summed E-state index contributed by atoms with van der Waals surface area (Å²) >= 11 is 0. The van der Waals surface area contributed by atoms with E-state index in [1.807, 2.05) is 24.3 Å². The Kier molecular flexibility index (Phi) is 4.33. The van der Waals surface area contributed by atoms with E-state index in [2.05, 4.69) is 15.6 Å². The van der Waals surface area contributed by atoms with Gasteiger partial charge >= 0.3 is 6.03 Å². The van der Waals surface area contributed by atoms with Crippen molar-refractivity contribution in [3.05, 3.63) is 60.4 Å². The van der Waals surface area contributed by atoms with Crippen LogP contribution in [0.2, 0.25) is 0 Å². The van der Waals surface area contributed by atoms with Gasteiger partial charge in [-0.25, -0.2) is 4.79 Å². The number of urea groups is 1. The standard InChI is InChI=1S/C17H16N4O2/c22-16(8-3-13-2-1-9-18-12-13)20-14-4-6-15(7-5-14)21-11-10-19-17(21)23/h1-9,12H,10-11H2,(H,19,23)(H,20,22)/b8-3+. The number of amides is 3. The predicted octanol–water partition coefficient (Wildman–Crippen LogP) is 2.26. The van der Waals surface area contributed by atoms with Crippen molar-refractivity contribution in [2.45, 2.75) is 0 Å². The molecule has 0 spiro atoms. The average Bonchev–Trinajstić information content (AvgIpc) is 3.01. The van der Waals surface area contributed by atoms with Gasteiger partial charge in [0.25, 0.3) is 0 Å². The Labute approximate surface area is 133 Å². The number of aromatic nitrogens is 1. The molecule has 2 N–H and O–H groups in total. The van der Waals surface area contributed by atoms with E-state index in [0.29, 0.717) is 18.8 Å². The molecule has 1 aliphatic heterocycles. The minimum Gasteiger partial charge on any atom is -0.336 e. The molecule has 1 aromatic carbocycles. The van der Waals surface area contributed by atoms with Crippen molar-refractivity contribution in [2.75, 3.05) is 23.3 Å². The molecule has 2 heterocycles. The van der Waals surface area contributed by atoms with Crippen molar-refractivity contribution in [1.29, 1.82) is 0 Å². The predicted molar refractivity (Wildman–Crippen MR) is 89.1 cm³/mol. The lowest BCUT2D eigenvalue weighted by Crippen LogP contribution is -2.27. The Balaban J connectivity index is 1.61. The highest BCUT2D eigenvalue weighted by Gasteiger charge is 2.20. The quantitative estimate of drug-likeness (QED) is 0.851. The fourth-order valence-electron chi connectivity index (χ4n) is 2.27. The van der Waals surface area contributed by atoms with Gasteiger partial charge in [0.2, 0.25) is 5.91 Å². The van der Waals surface area contributed by atoms with Gasteiger partial charge in [0.1, 0.15) is 0 Å². The van der Waals surface area contributed by atoms with Crippen molar-refractivity contribution >= 4 is 29.4 Å². The molecule has 0 radical (unpaired) electrons. The van der Waals surface area contributed by atoms with E-state index in [4.69, 9.17) is 0 Å². The monoisotopic (exact) mass is 308 g/mol. The zero-order valence-electron chi connectivity index (χ0n) is 12.4. The smallest absolute Gasteiger partial charge is 0.321 e. The zero-order valence-corrected chi connectivity index (χ0v) is 12.4. The second-order valence-corrected chi connectivity index (χ2v) is 5.04. The largest absolute Gasteiger partial charge is 0.336 e. The van der Waals surface area contributed by atoms with E-state index in [1.165, 1.54) is 6.08 Å². The number of hydrogen-bond donors (Lipinski definition) is 2. The van der Waals surface area contributed by atoms with Gasteiger partial charge in [-0.1, -0.05) is 6.07 Å². The summed E-state index contributed by atoms with van der Waals surface area (Å²) < 4.78 is 0. The molecule has 116 valence electrons. The van der Waals surface area contributed by atoms with Gasteiger partial charge in [-0.05, 0) is 42.0 Å². The van der Waals surface area contributed by atoms with Crippen LogP contribution in [0.4, 0.5) is 16.2 Å². The second kappa shape index (κ2) is 6.74. The molecule has 0 unspecified atom stereocenters. The van der Waals surface area contributed by atoms with Gasteiger partial charge < -0.3 is 10.6 Å². The Hall–Kier alpha value is -3.15. The van der Waals surface area contributed by atoms with Crippen molar-refractivity contribution in [3.63, 3.8) is 0 Å². The molecular formula is C17H16N4O2. The number of anilines is 2. The lowest BCUT2D eigenvalue weighted by molar-refractivity contribution is -0.111. The van der Waals surface area contributed by atoms with E-state index >= 15 is 0 Å². The van der Waals surface area contributed by atoms with E-state index < -0.39 is 0 Å². The number of hydrogen-bond acceptors (Lipinski definition) is 3. The normalized spacial score (nSPS) is 14.1. The third kappa shape index (κ3) is 3.74. The summed E-state index contributed by atoms with van der Waals surface area (Å²) in [6.07, 6.45) is 6.52. The van der Waals surface area contributed by atoms with Crippen LogP contribution in [0.5, 0.6) is 0 Å². The summed E-state index contributed by atoms with van der Waals surface area (Å²) in [5, 5.41) is 5.53. The van der Waals surface area contributed by atoms with E-state index in [-0.39, 0.29) is 11.9 Å². The number of pyridine rings is 1. The van der Waals surface area contributed by atoms with Crippen LogP contribution in [-0.4, -0.2) is 30.0 Å². The SMILES string of the molecule is O=C(/C=C/c1cccnc1)Nc1ccc(N2CCNC2=O)cc1. The van der Waals surface area contributed by atoms with Gasteiger partial charge in [-0.15, -0.1) is 0 Å². The van der Waals surface area contributed by atoms with E-state index in [0.717, 1.165) is 11.3 Å². The molecule has 0 saturated carbocycles. The maximum absolute atomic E-state index is 11.9. The van der Waals surface area contributed by atoms with Crippen molar-refractivity contribution in [2.24, 2.45) is 0 Å². The molecule has 3 rings (SSSR count). The number of rotatable bonds is 4. The van der Waals surface area contributed by atoms with Crippen LogP contribution in [0.1, 0.15) is 5.56 Å². The molecule has 2 aromatic rings. The van der Waals surface area contributed by atoms with Crippen LogP contribution >= 0.6 is 0 Å². The molecule has 1 saturated heterocycles. The maximum atomic E-state index is 11.9. The summed E-state index contributed by atoms with van der Waals surface area (Å²) in [5.41, 5.74) is 2.34. The van der Waals surface area contributed by atoms with Crippen molar-refractivity contribution < 1.29 is 9.59 Å². The van der Waals surface area contributed by atoms with Crippen LogP contribution in [0.25, 0.3) is 6.08 Å². The zero-order chi connectivity index (χ0) is 16.1. The summed E-state index contributed by atoms with van der Waals surface area (Å²) in [6, 6.07) is 10.8. The van der Waals surface area contributed by atoms with Crippen LogP contribution in [-0.2, 0) is 4.79 Å². The van der Waals surface area contributed by atoms with Gasteiger partial charge in [0.05, 0.1) is 0 Å². The average molecular weight is 308 g/mol. The summed E-state index contributed by atoms with van der Waals surface area (Å²) in [6.45, 7) is 1.30. The highest BCUT2D eigenvalue weighted by atomic mass is 16.2. The third-order valence-corrected chi connectivity index (χ3v) is 3.41. The van der Waals surface area contributed by atoms with Gasteiger partial charge in [-0.2, -0.15) is 0 Å². The molecule has 23 heavy (non-hydrogen) atoms. The van der Waals surface area contributed by atoms with E-state index in [9.17, 15) is 9.59 Å². The number of benzene rings is 1. The maximum Gasteiger partial charge on any atom is 0.321 e. The van der Waals surface area contributed by atoms with Crippen LogP contribution < -0.4 is 15.5 Å². The minimum absolute atomic E-state index is 0.0961. The topological polar surface area (TPSA) is 74.3 Å². The first kappa shape index (κ1) is 14.8. The molecule has 0 bridgehead atoms. The third-order valence-electron chi connectivity index (χ3n) is 3.41. The Morgan fingerprint density at radius 2 is 2.09 bits per heavy atom. The first-order chi connectivity index (χ1) is 11.2. The Morgan fingerprint density at radius 1 is 1.26 bits per heavy atom. The van der Waals surface area contributed by atoms with Crippen LogP contribution in [0.3, 0.4) is 0 Å². The number of carbonyl (C=O) groups excluding carboxylic acids is 2. The number of nitrogens with one attached hydrogen (secondary N) is 2. The number of carbonyl (C=O) groups is 2. The summed E-state index contributed by atoms with van der Waals surface area (Å²) in [4.78, 5) is 29.1. The molecule has 0 aliphatic carbocycles. The molecule has 0 atom stereocenters. The van der Waals surface area contributed by atoms with E-state index in [1.54, 1.807) is 35.5 Å². The lowest BCUT2D eigenvalue weighted by atomic mass is 10.2. The highest BCUT2D eigenvalue weighted by Crippen LogP contribution is 2.19. The summed E-state index contributed by atoms with van der Waals surface area (Å²) in [5.74, 6) is -0.222. The van der Waals surface area contributed by atoms with Crippen LogP contribution in [0.15, 0.2) is 54.9 Å². The highest BCUT2D eigenvalue weighted by molar-refractivity contribution is 6.02.